The second-order valence-corrected chi connectivity index (χ2v) is 3.86. The van der Waals surface area contributed by atoms with Gasteiger partial charge in [-0.1, -0.05) is 24.3 Å². The molecule has 0 spiro atoms. The monoisotopic (exact) mass is 228 g/mol. The summed E-state index contributed by atoms with van der Waals surface area (Å²) in [6.45, 7) is 0.550. The van der Waals surface area contributed by atoms with Crippen molar-refractivity contribution in [3.63, 3.8) is 0 Å². The maximum atomic E-state index is 5.80. The highest BCUT2D eigenvalue weighted by molar-refractivity contribution is 5.74. The summed E-state index contributed by atoms with van der Waals surface area (Å²) >= 11 is 0. The van der Waals surface area contributed by atoms with Crippen molar-refractivity contribution in [3.05, 3.63) is 48.0 Å². The molecule has 0 fully saturated rings. The second-order valence-electron chi connectivity index (χ2n) is 3.86. The molecule has 0 radical (unpaired) electrons. The quantitative estimate of drug-likeness (QED) is 0.793. The largest absolute Gasteiger partial charge is 0.496 e. The summed E-state index contributed by atoms with van der Waals surface area (Å²) < 4.78 is 5.33. The minimum atomic E-state index is 0.550. The lowest BCUT2D eigenvalue weighted by Gasteiger charge is -2.10. The van der Waals surface area contributed by atoms with Gasteiger partial charge in [0.2, 0.25) is 0 Å². The summed E-state index contributed by atoms with van der Waals surface area (Å²) in [6, 6.07) is 13.7. The Morgan fingerprint density at radius 1 is 1.06 bits per heavy atom. The standard InChI is InChI=1S/C14H16N2O/c1-17-14-7-6-12(16)8-13(14)11-4-2-10(9-15)3-5-11/h2-8H,9,15-16H2,1H3. The molecule has 3 heteroatoms. The van der Waals surface area contributed by atoms with Gasteiger partial charge in [-0.2, -0.15) is 0 Å². The first-order valence-corrected chi connectivity index (χ1v) is 5.47. The fourth-order valence-electron chi connectivity index (χ4n) is 1.77. The van der Waals surface area contributed by atoms with Gasteiger partial charge < -0.3 is 16.2 Å². The van der Waals surface area contributed by atoms with Crippen molar-refractivity contribution < 1.29 is 4.74 Å². The van der Waals surface area contributed by atoms with Crippen molar-refractivity contribution in [2.24, 2.45) is 5.73 Å². The van der Waals surface area contributed by atoms with Crippen LogP contribution < -0.4 is 16.2 Å². The van der Waals surface area contributed by atoms with Crippen molar-refractivity contribution in [1.82, 2.24) is 0 Å². The SMILES string of the molecule is COc1ccc(N)cc1-c1ccc(CN)cc1. The van der Waals surface area contributed by atoms with Crippen molar-refractivity contribution in [2.75, 3.05) is 12.8 Å². The van der Waals surface area contributed by atoms with Crippen LogP contribution in [0.2, 0.25) is 0 Å². The molecule has 0 amide bonds. The summed E-state index contributed by atoms with van der Waals surface area (Å²) in [6.07, 6.45) is 0. The molecule has 0 aromatic heterocycles. The van der Waals surface area contributed by atoms with E-state index in [1.54, 1.807) is 7.11 Å². The van der Waals surface area contributed by atoms with Crippen LogP contribution in [0.4, 0.5) is 5.69 Å². The number of ether oxygens (including phenoxy) is 1. The fraction of sp³-hybridized carbons (Fsp3) is 0.143. The van der Waals surface area contributed by atoms with Crippen LogP contribution in [0.25, 0.3) is 11.1 Å². The summed E-state index contributed by atoms with van der Waals surface area (Å²) in [5, 5.41) is 0. The van der Waals surface area contributed by atoms with Gasteiger partial charge in [0.15, 0.2) is 0 Å². The minimum absolute atomic E-state index is 0.550. The topological polar surface area (TPSA) is 61.3 Å². The van der Waals surface area contributed by atoms with Gasteiger partial charge in [-0.25, -0.2) is 0 Å². The number of anilines is 1. The Kier molecular flexibility index (Phi) is 3.30. The summed E-state index contributed by atoms with van der Waals surface area (Å²) in [5.74, 6) is 0.819. The molecule has 0 aliphatic heterocycles. The van der Waals surface area contributed by atoms with Crippen molar-refractivity contribution >= 4 is 5.69 Å². The van der Waals surface area contributed by atoms with Gasteiger partial charge in [-0.3, -0.25) is 0 Å². The lowest BCUT2D eigenvalue weighted by Crippen LogP contribution is -1.96. The van der Waals surface area contributed by atoms with Crippen LogP contribution in [0, 0.1) is 0 Å². The maximum Gasteiger partial charge on any atom is 0.126 e. The highest BCUT2D eigenvalue weighted by atomic mass is 16.5. The summed E-state index contributed by atoms with van der Waals surface area (Å²) in [7, 11) is 1.66. The molecule has 0 aliphatic carbocycles. The molecule has 2 rings (SSSR count). The van der Waals surface area contributed by atoms with Crippen LogP contribution in [0.15, 0.2) is 42.5 Å². The molecule has 2 aromatic rings. The van der Waals surface area contributed by atoms with E-state index in [0.717, 1.165) is 28.1 Å². The Labute approximate surface area is 101 Å². The fourth-order valence-corrected chi connectivity index (χ4v) is 1.77. The maximum absolute atomic E-state index is 5.80. The lowest BCUT2D eigenvalue weighted by atomic mass is 10.0. The number of nitrogens with two attached hydrogens (primary N) is 2. The van der Waals surface area contributed by atoms with E-state index < -0.39 is 0 Å². The van der Waals surface area contributed by atoms with Crippen molar-refractivity contribution in [3.8, 4) is 16.9 Å². The van der Waals surface area contributed by atoms with E-state index in [2.05, 4.69) is 0 Å². The molecule has 4 N–H and O–H groups in total. The zero-order chi connectivity index (χ0) is 12.3. The minimum Gasteiger partial charge on any atom is -0.496 e. The van der Waals surface area contributed by atoms with Crippen LogP contribution in [0.1, 0.15) is 5.56 Å². The molecule has 88 valence electrons. The van der Waals surface area contributed by atoms with Gasteiger partial charge in [0.25, 0.3) is 0 Å². The molecule has 0 saturated heterocycles. The first-order chi connectivity index (χ1) is 8.24. The number of hydrogen-bond acceptors (Lipinski definition) is 3. The zero-order valence-electron chi connectivity index (χ0n) is 9.81. The van der Waals surface area contributed by atoms with Crippen LogP contribution in [-0.4, -0.2) is 7.11 Å². The Morgan fingerprint density at radius 2 is 1.76 bits per heavy atom. The average molecular weight is 228 g/mol. The number of hydrogen-bond donors (Lipinski definition) is 2. The predicted octanol–water partition coefficient (Wildman–Crippen LogP) is 2.40. The van der Waals surface area contributed by atoms with Crippen molar-refractivity contribution in [2.45, 2.75) is 6.54 Å². The first kappa shape index (κ1) is 11.5. The smallest absolute Gasteiger partial charge is 0.126 e. The van der Waals surface area contributed by atoms with E-state index in [4.69, 9.17) is 16.2 Å². The van der Waals surface area contributed by atoms with E-state index in [9.17, 15) is 0 Å². The first-order valence-electron chi connectivity index (χ1n) is 5.47. The Morgan fingerprint density at radius 3 is 2.35 bits per heavy atom. The number of rotatable bonds is 3. The van der Waals surface area contributed by atoms with E-state index in [1.807, 2.05) is 42.5 Å². The normalized spacial score (nSPS) is 10.2. The van der Waals surface area contributed by atoms with Crippen LogP contribution >= 0.6 is 0 Å². The zero-order valence-corrected chi connectivity index (χ0v) is 9.81. The predicted molar refractivity (Wildman–Crippen MR) is 70.7 cm³/mol. The third-order valence-electron chi connectivity index (χ3n) is 2.72. The summed E-state index contributed by atoms with van der Waals surface area (Å²) in [5.41, 5.74) is 15.3. The van der Waals surface area contributed by atoms with E-state index in [0.29, 0.717) is 6.54 Å². The van der Waals surface area contributed by atoms with Crippen LogP contribution in [-0.2, 0) is 6.54 Å². The highest BCUT2D eigenvalue weighted by Gasteiger charge is 2.05. The molecule has 3 nitrogen and oxygen atoms in total. The van der Waals surface area contributed by atoms with Gasteiger partial charge in [0.05, 0.1) is 7.11 Å². The van der Waals surface area contributed by atoms with E-state index in [1.165, 1.54) is 0 Å². The van der Waals surface area contributed by atoms with E-state index in [-0.39, 0.29) is 0 Å². The highest BCUT2D eigenvalue weighted by Crippen LogP contribution is 2.31. The third kappa shape index (κ3) is 2.40. The molecule has 0 unspecified atom stereocenters. The van der Waals surface area contributed by atoms with Gasteiger partial charge in [0.1, 0.15) is 5.75 Å². The molecule has 0 saturated carbocycles. The number of nitrogen functional groups attached to an aromatic ring is 1. The average Bonchev–Trinajstić information content (AvgIpc) is 2.39. The lowest BCUT2D eigenvalue weighted by molar-refractivity contribution is 0.416. The second kappa shape index (κ2) is 4.89. The van der Waals surface area contributed by atoms with Gasteiger partial charge >= 0.3 is 0 Å². The van der Waals surface area contributed by atoms with E-state index >= 15 is 0 Å². The van der Waals surface area contributed by atoms with Gasteiger partial charge in [-0.15, -0.1) is 0 Å². The molecule has 0 bridgehead atoms. The Hall–Kier alpha value is -2.00. The van der Waals surface area contributed by atoms with Gasteiger partial charge in [-0.05, 0) is 29.3 Å². The molecular weight excluding hydrogens is 212 g/mol. The van der Waals surface area contributed by atoms with Crippen LogP contribution in [0.3, 0.4) is 0 Å². The molecular formula is C14H16N2O. The van der Waals surface area contributed by atoms with Crippen molar-refractivity contribution in [1.29, 1.82) is 0 Å². The van der Waals surface area contributed by atoms with Gasteiger partial charge in [0, 0.05) is 17.8 Å². The molecule has 0 atom stereocenters. The Bertz CT molecular complexity index is 506. The Balaban J connectivity index is 2.47. The molecule has 0 aliphatic rings. The molecule has 0 heterocycles. The number of methoxy groups -OCH3 is 1. The third-order valence-corrected chi connectivity index (χ3v) is 2.72. The van der Waals surface area contributed by atoms with Crippen LogP contribution in [0.5, 0.6) is 5.75 Å². The number of benzene rings is 2. The summed E-state index contributed by atoms with van der Waals surface area (Å²) in [4.78, 5) is 0. The molecule has 2 aromatic carbocycles. The molecule has 17 heavy (non-hydrogen) atoms.